The molecular formula is C23H30F3N3O4. The lowest BCUT2D eigenvalue weighted by Crippen LogP contribution is -2.45. The lowest BCUT2D eigenvalue weighted by atomic mass is 9.92. The third-order valence-electron chi connectivity index (χ3n) is 6.02. The van der Waals surface area contributed by atoms with Gasteiger partial charge in [0, 0.05) is 6.08 Å². The van der Waals surface area contributed by atoms with Gasteiger partial charge in [0.25, 0.3) is 0 Å². The van der Waals surface area contributed by atoms with Crippen LogP contribution in [0.1, 0.15) is 63.2 Å². The van der Waals surface area contributed by atoms with E-state index in [1.165, 1.54) is 11.1 Å². The van der Waals surface area contributed by atoms with Crippen LogP contribution in [0.2, 0.25) is 0 Å². The Labute approximate surface area is 190 Å². The van der Waals surface area contributed by atoms with Crippen LogP contribution < -0.4 is 11.1 Å². The second-order valence-corrected chi connectivity index (χ2v) is 8.35. The molecule has 10 heteroatoms. The molecule has 1 saturated heterocycles. The first-order valence-electron chi connectivity index (χ1n) is 10.8. The molecule has 1 aromatic rings. The Kier molecular flexibility index (Phi) is 8.65. The fourth-order valence-electron chi connectivity index (χ4n) is 4.05. The summed E-state index contributed by atoms with van der Waals surface area (Å²) >= 11 is 0. The van der Waals surface area contributed by atoms with Gasteiger partial charge in [-0.05, 0) is 36.8 Å². The highest BCUT2D eigenvalue weighted by Crippen LogP contribution is 2.52. The van der Waals surface area contributed by atoms with Crippen molar-refractivity contribution in [2.75, 3.05) is 0 Å². The van der Waals surface area contributed by atoms with Gasteiger partial charge in [0.2, 0.25) is 11.8 Å². The summed E-state index contributed by atoms with van der Waals surface area (Å²) in [6.45, 7) is 5.80. The van der Waals surface area contributed by atoms with Gasteiger partial charge in [-0.15, -0.1) is 0 Å². The molecule has 0 spiro atoms. The fraction of sp³-hybridized carbons (Fsp3) is 0.522. The van der Waals surface area contributed by atoms with E-state index in [1.807, 2.05) is 23.1 Å². The van der Waals surface area contributed by atoms with Crippen molar-refractivity contribution in [3.05, 3.63) is 47.5 Å². The number of nitrogens with one attached hydrogen (secondary N) is 1. The van der Waals surface area contributed by atoms with Crippen molar-refractivity contribution in [2.45, 2.75) is 70.4 Å². The lowest BCUT2D eigenvalue weighted by Gasteiger charge is -2.24. The van der Waals surface area contributed by atoms with Gasteiger partial charge in [-0.2, -0.15) is 13.2 Å². The highest BCUT2D eigenvalue weighted by molar-refractivity contribution is 5.89. The smallest absolute Gasteiger partial charge is 0.475 e. The van der Waals surface area contributed by atoms with E-state index in [0.717, 1.165) is 19.3 Å². The molecule has 2 bridgehead atoms. The van der Waals surface area contributed by atoms with E-state index in [1.54, 1.807) is 13.0 Å². The number of nitrogens with two attached hydrogens (primary N) is 1. The zero-order valence-electron chi connectivity index (χ0n) is 18.8. The first kappa shape index (κ1) is 26.4. The first-order chi connectivity index (χ1) is 15.4. The Bertz CT molecular complexity index is 870. The molecule has 2 amide bonds. The van der Waals surface area contributed by atoms with Gasteiger partial charge in [0.15, 0.2) is 0 Å². The van der Waals surface area contributed by atoms with Crippen molar-refractivity contribution in [3.63, 3.8) is 0 Å². The van der Waals surface area contributed by atoms with Crippen LogP contribution >= 0.6 is 0 Å². The molecule has 2 aliphatic rings. The molecule has 1 fully saturated rings. The third-order valence-corrected chi connectivity index (χ3v) is 6.02. The zero-order chi connectivity index (χ0) is 24.9. The molecule has 0 unspecified atom stereocenters. The van der Waals surface area contributed by atoms with E-state index in [9.17, 15) is 22.8 Å². The Balaban J connectivity index is 0.000000479. The van der Waals surface area contributed by atoms with E-state index in [-0.39, 0.29) is 35.9 Å². The van der Waals surface area contributed by atoms with Crippen LogP contribution in [0.4, 0.5) is 13.2 Å². The SMILES string of the molecule is CC[C@H](C)[C@@H](/C=C/C(=O)N1[C@@H]2CC[C@H]1c1ccccc12)NC(=O)[C@H](C)N.O=C(O)C(F)(F)F. The third kappa shape index (κ3) is 6.34. The van der Waals surface area contributed by atoms with Gasteiger partial charge in [-0.1, -0.05) is 50.6 Å². The van der Waals surface area contributed by atoms with Gasteiger partial charge < -0.3 is 21.1 Å². The average molecular weight is 470 g/mol. The Hall–Kier alpha value is -2.88. The summed E-state index contributed by atoms with van der Waals surface area (Å²) in [6, 6.07) is 7.98. The zero-order valence-corrected chi connectivity index (χ0v) is 18.8. The number of aliphatic carboxylic acids is 1. The summed E-state index contributed by atoms with van der Waals surface area (Å²) in [5.74, 6) is -2.69. The number of alkyl halides is 3. The van der Waals surface area contributed by atoms with Crippen molar-refractivity contribution < 1.29 is 32.7 Å². The van der Waals surface area contributed by atoms with Gasteiger partial charge in [0.05, 0.1) is 24.2 Å². The fourth-order valence-corrected chi connectivity index (χ4v) is 4.05. The second kappa shape index (κ2) is 10.8. The molecule has 4 N–H and O–H groups in total. The van der Waals surface area contributed by atoms with Crippen molar-refractivity contribution in [2.24, 2.45) is 11.7 Å². The molecule has 2 aliphatic heterocycles. The van der Waals surface area contributed by atoms with Gasteiger partial charge in [-0.25, -0.2) is 4.79 Å². The van der Waals surface area contributed by atoms with E-state index in [2.05, 4.69) is 31.3 Å². The minimum atomic E-state index is -5.08. The molecule has 1 aromatic carbocycles. The molecular weight excluding hydrogens is 439 g/mol. The predicted octanol–water partition coefficient (Wildman–Crippen LogP) is 3.47. The van der Waals surface area contributed by atoms with E-state index < -0.39 is 18.2 Å². The van der Waals surface area contributed by atoms with Crippen LogP contribution in [0.15, 0.2) is 36.4 Å². The van der Waals surface area contributed by atoms with Crippen LogP contribution in [0.5, 0.6) is 0 Å². The number of carboxylic acid groups (broad SMARTS) is 1. The average Bonchev–Trinajstić information content (AvgIpc) is 3.33. The number of hydrogen-bond donors (Lipinski definition) is 3. The van der Waals surface area contributed by atoms with Crippen molar-refractivity contribution >= 4 is 17.8 Å². The summed E-state index contributed by atoms with van der Waals surface area (Å²) in [6.07, 6.45) is 1.34. The maximum absolute atomic E-state index is 12.9. The number of nitrogens with zero attached hydrogens (tertiary/aromatic N) is 1. The number of carbonyl (C=O) groups excluding carboxylic acids is 2. The molecule has 2 heterocycles. The molecule has 0 radical (unpaired) electrons. The Morgan fingerprint density at radius 2 is 1.67 bits per heavy atom. The van der Waals surface area contributed by atoms with Crippen molar-refractivity contribution in [3.8, 4) is 0 Å². The predicted molar refractivity (Wildman–Crippen MR) is 116 cm³/mol. The van der Waals surface area contributed by atoms with Crippen molar-refractivity contribution in [1.82, 2.24) is 10.2 Å². The molecule has 7 nitrogen and oxygen atoms in total. The van der Waals surface area contributed by atoms with E-state index >= 15 is 0 Å². The van der Waals surface area contributed by atoms with Gasteiger partial charge in [-0.3, -0.25) is 9.59 Å². The number of amides is 2. The van der Waals surface area contributed by atoms with Crippen LogP contribution in [-0.2, 0) is 14.4 Å². The molecule has 33 heavy (non-hydrogen) atoms. The second-order valence-electron chi connectivity index (χ2n) is 8.35. The summed E-state index contributed by atoms with van der Waals surface area (Å²) in [4.78, 5) is 35.8. The summed E-state index contributed by atoms with van der Waals surface area (Å²) in [5.41, 5.74) is 8.24. The number of benzene rings is 1. The molecule has 5 atom stereocenters. The normalized spacial score (nSPS) is 21.6. The minimum absolute atomic E-state index is 0.0250. The standard InChI is InChI=1S/C21H29N3O2.C2HF3O2/c1-4-13(2)17(23-21(26)14(3)22)9-12-20(25)24-18-10-11-19(24)16-8-6-5-7-15(16)18;3-2(4,5)1(6)7/h5-9,12-14,17-19H,4,10-11,22H2,1-3H3,(H,23,26);(H,6,7)/b12-9+;/t13-,14-,17+,18-,19+;/m0./s1. The first-order valence-corrected chi connectivity index (χ1v) is 10.8. The number of carbonyl (C=O) groups is 3. The maximum Gasteiger partial charge on any atom is 0.490 e. The quantitative estimate of drug-likeness (QED) is 0.552. The van der Waals surface area contributed by atoms with Gasteiger partial charge >= 0.3 is 12.1 Å². The summed E-state index contributed by atoms with van der Waals surface area (Å²) < 4.78 is 31.7. The number of fused-ring (bicyclic) bond motifs is 5. The summed E-state index contributed by atoms with van der Waals surface area (Å²) in [5, 5.41) is 10.1. The van der Waals surface area contributed by atoms with Crippen LogP contribution in [0.3, 0.4) is 0 Å². The van der Waals surface area contributed by atoms with E-state index in [4.69, 9.17) is 15.6 Å². The molecule has 0 aromatic heterocycles. The highest BCUT2D eigenvalue weighted by atomic mass is 19.4. The number of rotatable bonds is 6. The number of hydrogen-bond acceptors (Lipinski definition) is 4. The number of halogens is 3. The Morgan fingerprint density at radius 1 is 1.18 bits per heavy atom. The van der Waals surface area contributed by atoms with E-state index in [0.29, 0.717) is 0 Å². The molecule has 0 aliphatic carbocycles. The molecule has 3 rings (SSSR count). The van der Waals surface area contributed by atoms with Crippen molar-refractivity contribution in [1.29, 1.82) is 0 Å². The topological polar surface area (TPSA) is 113 Å². The Morgan fingerprint density at radius 3 is 2.06 bits per heavy atom. The van der Waals surface area contributed by atoms with Crippen LogP contribution in [0, 0.1) is 5.92 Å². The van der Waals surface area contributed by atoms with Gasteiger partial charge in [0.1, 0.15) is 0 Å². The lowest BCUT2D eigenvalue weighted by molar-refractivity contribution is -0.192. The van der Waals surface area contributed by atoms with Crippen LogP contribution in [-0.4, -0.2) is 46.1 Å². The number of carboxylic acids is 1. The monoisotopic (exact) mass is 469 g/mol. The van der Waals surface area contributed by atoms with Crippen LogP contribution in [0.25, 0.3) is 0 Å². The maximum atomic E-state index is 12.9. The largest absolute Gasteiger partial charge is 0.490 e. The highest BCUT2D eigenvalue weighted by Gasteiger charge is 2.45. The minimum Gasteiger partial charge on any atom is -0.475 e. The molecule has 182 valence electrons. The summed E-state index contributed by atoms with van der Waals surface area (Å²) in [7, 11) is 0. The molecule has 0 saturated carbocycles.